The van der Waals surface area contributed by atoms with Gasteiger partial charge >= 0.3 is 0 Å². The third kappa shape index (κ3) is 4.56. The SMILES string of the molecule is Cc1cccc(NC(N)=NCCc2ccc(F)cc2F)c1. The van der Waals surface area contributed by atoms with Crippen molar-refractivity contribution in [3.63, 3.8) is 0 Å². The average molecular weight is 289 g/mol. The second-order valence-corrected chi connectivity index (χ2v) is 4.75. The maximum atomic E-state index is 13.4. The highest BCUT2D eigenvalue weighted by molar-refractivity contribution is 5.92. The van der Waals surface area contributed by atoms with Crippen LogP contribution in [0, 0.1) is 18.6 Å². The number of nitrogens with two attached hydrogens (primary N) is 1. The number of aryl methyl sites for hydroxylation is 1. The highest BCUT2D eigenvalue weighted by atomic mass is 19.1. The highest BCUT2D eigenvalue weighted by Crippen LogP contribution is 2.11. The summed E-state index contributed by atoms with van der Waals surface area (Å²) >= 11 is 0. The highest BCUT2D eigenvalue weighted by Gasteiger charge is 2.03. The maximum Gasteiger partial charge on any atom is 0.193 e. The number of rotatable bonds is 4. The summed E-state index contributed by atoms with van der Waals surface area (Å²) in [6, 6.07) is 11.2. The van der Waals surface area contributed by atoms with E-state index in [1.165, 1.54) is 12.1 Å². The molecule has 0 radical (unpaired) electrons. The van der Waals surface area contributed by atoms with Crippen LogP contribution in [0.15, 0.2) is 47.5 Å². The van der Waals surface area contributed by atoms with Gasteiger partial charge in [-0.05, 0) is 42.7 Å². The molecule has 0 aliphatic rings. The molecule has 110 valence electrons. The first-order valence-electron chi connectivity index (χ1n) is 6.62. The molecule has 0 bridgehead atoms. The van der Waals surface area contributed by atoms with Crippen molar-refractivity contribution in [3.8, 4) is 0 Å². The summed E-state index contributed by atoms with van der Waals surface area (Å²) in [5.74, 6) is -0.876. The fourth-order valence-electron chi connectivity index (χ4n) is 1.93. The molecule has 0 heterocycles. The summed E-state index contributed by atoms with van der Waals surface area (Å²) < 4.78 is 26.2. The molecule has 5 heteroatoms. The van der Waals surface area contributed by atoms with Gasteiger partial charge < -0.3 is 11.1 Å². The normalized spacial score (nSPS) is 11.5. The van der Waals surface area contributed by atoms with Crippen LogP contribution in [-0.2, 0) is 6.42 Å². The Hall–Kier alpha value is -2.43. The van der Waals surface area contributed by atoms with Gasteiger partial charge in [0.25, 0.3) is 0 Å². The van der Waals surface area contributed by atoms with Crippen molar-refractivity contribution in [3.05, 3.63) is 65.2 Å². The van der Waals surface area contributed by atoms with E-state index in [2.05, 4.69) is 10.3 Å². The van der Waals surface area contributed by atoms with E-state index in [-0.39, 0.29) is 5.96 Å². The molecule has 2 aromatic rings. The summed E-state index contributed by atoms with van der Waals surface area (Å²) in [5, 5.41) is 2.97. The Balaban J connectivity index is 1.91. The van der Waals surface area contributed by atoms with Crippen molar-refractivity contribution >= 4 is 11.6 Å². The van der Waals surface area contributed by atoms with Crippen molar-refractivity contribution in [2.24, 2.45) is 10.7 Å². The third-order valence-corrected chi connectivity index (χ3v) is 2.97. The summed E-state index contributed by atoms with van der Waals surface area (Å²) in [6.07, 6.45) is 0.363. The van der Waals surface area contributed by atoms with Crippen molar-refractivity contribution in [2.75, 3.05) is 11.9 Å². The van der Waals surface area contributed by atoms with Crippen LogP contribution in [0.2, 0.25) is 0 Å². The molecule has 0 spiro atoms. The van der Waals surface area contributed by atoms with Crippen molar-refractivity contribution < 1.29 is 8.78 Å². The number of aliphatic imine (C=N–C) groups is 1. The summed E-state index contributed by atoms with van der Waals surface area (Å²) in [5.41, 5.74) is 8.15. The van der Waals surface area contributed by atoms with Gasteiger partial charge in [-0.2, -0.15) is 0 Å². The molecule has 3 nitrogen and oxygen atoms in total. The minimum atomic E-state index is -0.583. The number of halogens is 2. The second kappa shape index (κ2) is 6.83. The van der Waals surface area contributed by atoms with Gasteiger partial charge in [-0.3, -0.25) is 4.99 Å². The Kier molecular flexibility index (Phi) is 4.87. The molecule has 0 aliphatic heterocycles. The summed E-state index contributed by atoms with van der Waals surface area (Å²) in [4.78, 5) is 4.13. The first kappa shape index (κ1) is 15.0. The van der Waals surface area contributed by atoms with Crippen LogP contribution in [0.1, 0.15) is 11.1 Å². The van der Waals surface area contributed by atoms with E-state index < -0.39 is 11.6 Å². The fourth-order valence-corrected chi connectivity index (χ4v) is 1.93. The molecular weight excluding hydrogens is 272 g/mol. The number of hydrogen-bond acceptors (Lipinski definition) is 1. The molecule has 2 rings (SSSR count). The Morgan fingerprint density at radius 3 is 2.71 bits per heavy atom. The number of benzene rings is 2. The predicted octanol–water partition coefficient (Wildman–Crippen LogP) is 3.24. The van der Waals surface area contributed by atoms with E-state index in [0.29, 0.717) is 18.5 Å². The van der Waals surface area contributed by atoms with Gasteiger partial charge in [0, 0.05) is 18.3 Å². The fraction of sp³-hybridized carbons (Fsp3) is 0.188. The van der Waals surface area contributed by atoms with Crippen LogP contribution in [0.25, 0.3) is 0 Å². The average Bonchev–Trinajstić information content (AvgIpc) is 2.41. The standard InChI is InChI=1S/C16H17F2N3/c1-11-3-2-4-14(9-11)21-16(19)20-8-7-12-5-6-13(17)10-15(12)18/h2-6,9-10H,7-8H2,1H3,(H3,19,20,21). The number of hydrogen-bond donors (Lipinski definition) is 2. The number of anilines is 1. The van der Waals surface area contributed by atoms with Gasteiger partial charge in [-0.25, -0.2) is 8.78 Å². The lowest BCUT2D eigenvalue weighted by Crippen LogP contribution is -2.23. The summed E-state index contributed by atoms with van der Waals surface area (Å²) in [6.45, 7) is 2.31. The molecule has 0 saturated carbocycles. The van der Waals surface area contributed by atoms with E-state index in [4.69, 9.17) is 5.73 Å². The minimum absolute atomic E-state index is 0.267. The van der Waals surface area contributed by atoms with Gasteiger partial charge in [-0.15, -0.1) is 0 Å². The number of nitrogens with one attached hydrogen (secondary N) is 1. The Bertz CT molecular complexity index is 654. The molecule has 2 aromatic carbocycles. The Morgan fingerprint density at radius 1 is 1.19 bits per heavy atom. The predicted molar refractivity (Wildman–Crippen MR) is 81.4 cm³/mol. The Morgan fingerprint density at radius 2 is 2.00 bits per heavy atom. The largest absolute Gasteiger partial charge is 0.370 e. The van der Waals surface area contributed by atoms with Crippen molar-refractivity contribution in [2.45, 2.75) is 13.3 Å². The zero-order valence-corrected chi connectivity index (χ0v) is 11.7. The van der Waals surface area contributed by atoms with E-state index >= 15 is 0 Å². The van der Waals surface area contributed by atoms with E-state index in [1.807, 2.05) is 31.2 Å². The van der Waals surface area contributed by atoms with Crippen LogP contribution in [-0.4, -0.2) is 12.5 Å². The monoisotopic (exact) mass is 289 g/mol. The quantitative estimate of drug-likeness (QED) is 0.670. The van der Waals surface area contributed by atoms with Crippen molar-refractivity contribution in [1.82, 2.24) is 0 Å². The van der Waals surface area contributed by atoms with Crippen LogP contribution in [0.5, 0.6) is 0 Å². The summed E-state index contributed by atoms with van der Waals surface area (Å²) in [7, 11) is 0. The number of nitrogens with zero attached hydrogens (tertiary/aromatic N) is 1. The lowest BCUT2D eigenvalue weighted by molar-refractivity contribution is 0.572. The second-order valence-electron chi connectivity index (χ2n) is 4.75. The molecule has 0 unspecified atom stereocenters. The smallest absolute Gasteiger partial charge is 0.193 e. The molecule has 0 fully saturated rings. The first-order valence-corrected chi connectivity index (χ1v) is 6.62. The van der Waals surface area contributed by atoms with Crippen LogP contribution in [0.3, 0.4) is 0 Å². The van der Waals surface area contributed by atoms with Crippen LogP contribution in [0.4, 0.5) is 14.5 Å². The van der Waals surface area contributed by atoms with Crippen molar-refractivity contribution in [1.29, 1.82) is 0 Å². The minimum Gasteiger partial charge on any atom is -0.370 e. The van der Waals surface area contributed by atoms with Crippen LogP contribution < -0.4 is 11.1 Å². The third-order valence-electron chi connectivity index (χ3n) is 2.97. The molecule has 0 amide bonds. The van der Waals surface area contributed by atoms with Gasteiger partial charge in [-0.1, -0.05) is 18.2 Å². The van der Waals surface area contributed by atoms with Gasteiger partial charge in [0.05, 0.1) is 0 Å². The van der Waals surface area contributed by atoms with E-state index in [1.54, 1.807) is 0 Å². The number of guanidine groups is 1. The lowest BCUT2D eigenvalue weighted by atomic mass is 10.1. The molecule has 0 saturated heterocycles. The Labute approximate surface area is 122 Å². The van der Waals surface area contributed by atoms with Gasteiger partial charge in [0.1, 0.15) is 11.6 Å². The van der Waals surface area contributed by atoms with Gasteiger partial charge in [0.15, 0.2) is 5.96 Å². The molecule has 3 N–H and O–H groups in total. The molecular formula is C16H17F2N3. The lowest BCUT2D eigenvalue weighted by Gasteiger charge is -2.06. The molecule has 0 aliphatic carbocycles. The van der Waals surface area contributed by atoms with E-state index in [9.17, 15) is 8.78 Å². The molecule has 0 atom stereocenters. The topological polar surface area (TPSA) is 50.4 Å². The zero-order chi connectivity index (χ0) is 15.2. The molecule has 0 aromatic heterocycles. The molecule has 21 heavy (non-hydrogen) atoms. The first-order chi connectivity index (χ1) is 10.0. The zero-order valence-electron chi connectivity index (χ0n) is 11.7. The maximum absolute atomic E-state index is 13.4. The van der Waals surface area contributed by atoms with E-state index in [0.717, 1.165) is 17.3 Å². The van der Waals surface area contributed by atoms with Gasteiger partial charge in [0.2, 0.25) is 0 Å². The van der Waals surface area contributed by atoms with Crippen LogP contribution >= 0.6 is 0 Å².